The lowest BCUT2D eigenvalue weighted by molar-refractivity contribution is -0.384. The van der Waals surface area contributed by atoms with Gasteiger partial charge in [-0.15, -0.1) is 0 Å². The van der Waals surface area contributed by atoms with Crippen molar-refractivity contribution in [2.45, 2.75) is 24.7 Å². The SMILES string of the molecule is CC1CCN(S(=O)(=O)c2ccc([N+](=O)[O-])cc2Cl)CC1. The molecule has 2 rings (SSSR count). The Bertz CT molecular complexity index is 624. The van der Waals surface area contributed by atoms with Gasteiger partial charge in [0.25, 0.3) is 5.69 Å². The Hall–Kier alpha value is -1.18. The normalized spacial score (nSPS) is 18.1. The van der Waals surface area contributed by atoms with Gasteiger partial charge in [0.2, 0.25) is 10.0 Å². The van der Waals surface area contributed by atoms with Crippen LogP contribution >= 0.6 is 11.6 Å². The average Bonchev–Trinajstić information content (AvgIpc) is 2.38. The van der Waals surface area contributed by atoms with Crippen LogP contribution in [0.5, 0.6) is 0 Å². The van der Waals surface area contributed by atoms with Crippen molar-refractivity contribution in [2.24, 2.45) is 5.92 Å². The van der Waals surface area contributed by atoms with Crippen molar-refractivity contribution in [1.82, 2.24) is 4.31 Å². The van der Waals surface area contributed by atoms with E-state index in [2.05, 4.69) is 6.92 Å². The summed E-state index contributed by atoms with van der Waals surface area (Å²) in [7, 11) is -3.68. The van der Waals surface area contributed by atoms with Crippen LogP contribution in [-0.2, 0) is 10.0 Å². The summed E-state index contributed by atoms with van der Waals surface area (Å²) in [5.41, 5.74) is -0.221. The molecule has 1 heterocycles. The van der Waals surface area contributed by atoms with Gasteiger partial charge in [0, 0.05) is 25.2 Å². The molecule has 0 spiro atoms. The molecule has 6 nitrogen and oxygen atoms in total. The molecule has 0 aliphatic carbocycles. The van der Waals surface area contributed by atoms with Crippen LogP contribution in [-0.4, -0.2) is 30.7 Å². The standard InChI is InChI=1S/C12H15ClN2O4S/c1-9-4-6-14(7-5-9)20(18,19)12-3-2-10(15(16)17)8-11(12)13/h2-3,8-9H,4-7H2,1H3. The van der Waals surface area contributed by atoms with Gasteiger partial charge in [-0.3, -0.25) is 10.1 Å². The number of nitro groups is 1. The monoisotopic (exact) mass is 318 g/mol. The van der Waals surface area contributed by atoms with E-state index in [1.165, 1.54) is 10.4 Å². The highest BCUT2D eigenvalue weighted by Gasteiger charge is 2.30. The van der Waals surface area contributed by atoms with Crippen molar-refractivity contribution < 1.29 is 13.3 Å². The minimum Gasteiger partial charge on any atom is -0.258 e. The van der Waals surface area contributed by atoms with Crippen LogP contribution in [0.4, 0.5) is 5.69 Å². The Balaban J connectivity index is 2.32. The van der Waals surface area contributed by atoms with Crippen molar-refractivity contribution in [3.05, 3.63) is 33.3 Å². The van der Waals surface area contributed by atoms with Crippen LogP contribution in [0.25, 0.3) is 0 Å². The summed E-state index contributed by atoms with van der Waals surface area (Å²) in [6, 6.07) is 3.43. The van der Waals surface area contributed by atoms with Crippen LogP contribution in [0.3, 0.4) is 0 Å². The molecular weight excluding hydrogens is 304 g/mol. The van der Waals surface area contributed by atoms with Gasteiger partial charge in [-0.2, -0.15) is 4.31 Å². The van der Waals surface area contributed by atoms with Crippen molar-refractivity contribution in [1.29, 1.82) is 0 Å². The van der Waals surface area contributed by atoms with E-state index < -0.39 is 14.9 Å². The molecule has 0 saturated carbocycles. The first kappa shape index (κ1) is 15.2. The summed E-state index contributed by atoms with van der Waals surface area (Å²) >= 11 is 5.90. The van der Waals surface area contributed by atoms with E-state index in [-0.39, 0.29) is 15.6 Å². The molecule has 0 aromatic heterocycles. The maximum atomic E-state index is 12.5. The summed E-state index contributed by atoms with van der Waals surface area (Å²) in [5, 5.41) is 10.5. The Morgan fingerprint density at radius 1 is 1.35 bits per heavy atom. The lowest BCUT2D eigenvalue weighted by atomic mass is 10.0. The van der Waals surface area contributed by atoms with Gasteiger partial charge in [0.15, 0.2) is 0 Å². The molecule has 1 fully saturated rings. The fourth-order valence-electron chi connectivity index (χ4n) is 2.18. The largest absolute Gasteiger partial charge is 0.271 e. The van der Waals surface area contributed by atoms with Gasteiger partial charge < -0.3 is 0 Å². The summed E-state index contributed by atoms with van der Waals surface area (Å²) in [5.74, 6) is 0.508. The molecule has 20 heavy (non-hydrogen) atoms. The van der Waals surface area contributed by atoms with Gasteiger partial charge in [0.05, 0.1) is 9.95 Å². The number of halogens is 1. The van der Waals surface area contributed by atoms with Gasteiger partial charge in [-0.25, -0.2) is 8.42 Å². The molecule has 1 aromatic rings. The first-order chi connectivity index (χ1) is 9.32. The Morgan fingerprint density at radius 3 is 2.45 bits per heavy atom. The number of benzene rings is 1. The molecule has 110 valence electrons. The second-order valence-corrected chi connectivity index (χ2v) is 7.27. The zero-order valence-corrected chi connectivity index (χ0v) is 12.5. The van der Waals surface area contributed by atoms with E-state index in [0.717, 1.165) is 25.0 Å². The number of hydrogen-bond donors (Lipinski definition) is 0. The second kappa shape index (κ2) is 5.67. The zero-order chi connectivity index (χ0) is 14.9. The summed E-state index contributed by atoms with van der Waals surface area (Å²) in [4.78, 5) is 9.96. The zero-order valence-electron chi connectivity index (χ0n) is 11.0. The Morgan fingerprint density at radius 2 is 1.95 bits per heavy atom. The molecule has 0 amide bonds. The maximum Gasteiger partial charge on any atom is 0.271 e. The number of nitrogens with zero attached hydrogens (tertiary/aromatic N) is 2. The molecule has 1 aromatic carbocycles. The number of piperidine rings is 1. The quantitative estimate of drug-likeness (QED) is 0.634. The van der Waals surface area contributed by atoms with Gasteiger partial charge in [-0.05, 0) is 24.8 Å². The third-order valence-electron chi connectivity index (χ3n) is 3.49. The predicted octanol–water partition coefficient (Wildman–Crippen LogP) is 2.67. The lowest BCUT2D eigenvalue weighted by Gasteiger charge is -2.29. The van der Waals surface area contributed by atoms with Crippen LogP contribution < -0.4 is 0 Å². The van der Waals surface area contributed by atoms with Crippen LogP contribution in [0.15, 0.2) is 23.1 Å². The molecule has 0 N–H and O–H groups in total. The molecule has 0 unspecified atom stereocenters. The van der Waals surface area contributed by atoms with Crippen LogP contribution in [0.2, 0.25) is 5.02 Å². The van der Waals surface area contributed by atoms with Crippen LogP contribution in [0, 0.1) is 16.0 Å². The van der Waals surface area contributed by atoms with Gasteiger partial charge in [-0.1, -0.05) is 18.5 Å². The highest BCUT2D eigenvalue weighted by Crippen LogP contribution is 2.30. The highest BCUT2D eigenvalue weighted by atomic mass is 35.5. The van der Waals surface area contributed by atoms with E-state index in [9.17, 15) is 18.5 Å². The van der Waals surface area contributed by atoms with Crippen LogP contribution in [0.1, 0.15) is 19.8 Å². The van der Waals surface area contributed by atoms with Crippen molar-refractivity contribution in [3.63, 3.8) is 0 Å². The lowest BCUT2D eigenvalue weighted by Crippen LogP contribution is -2.37. The van der Waals surface area contributed by atoms with Crippen molar-refractivity contribution in [2.75, 3.05) is 13.1 Å². The molecule has 0 radical (unpaired) electrons. The second-order valence-electron chi connectivity index (χ2n) is 4.96. The maximum absolute atomic E-state index is 12.5. The molecule has 0 bridgehead atoms. The molecule has 1 saturated heterocycles. The highest BCUT2D eigenvalue weighted by molar-refractivity contribution is 7.89. The Kier molecular flexibility index (Phi) is 4.31. The van der Waals surface area contributed by atoms with Crippen molar-refractivity contribution in [3.8, 4) is 0 Å². The first-order valence-corrected chi connectivity index (χ1v) is 8.08. The van der Waals surface area contributed by atoms with Gasteiger partial charge >= 0.3 is 0 Å². The van der Waals surface area contributed by atoms with E-state index >= 15 is 0 Å². The van der Waals surface area contributed by atoms with E-state index in [4.69, 9.17) is 11.6 Å². The number of non-ortho nitro benzene ring substituents is 1. The third-order valence-corrected chi connectivity index (χ3v) is 5.87. The Labute approximate surface area is 122 Å². The number of nitro benzene ring substituents is 1. The topological polar surface area (TPSA) is 80.5 Å². The van der Waals surface area contributed by atoms with E-state index in [1.54, 1.807) is 0 Å². The fourth-order valence-corrected chi connectivity index (χ4v) is 4.16. The summed E-state index contributed by atoms with van der Waals surface area (Å²) in [6.07, 6.45) is 1.62. The smallest absolute Gasteiger partial charge is 0.258 e. The van der Waals surface area contributed by atoms with E-state index in [1.807, 2.05) is 0 Å². The fraction of sp³-hybridized carbons (Fsp3) is 0.500. The predicted molar refractivity (Wildman–Crippen MR) is 75.3 cm³/mol. The summed E-state index contributed by atoms with van der Waals surface area (Å²) < 4.78 is 26.3. The molecule has 8 heteroatoms. The first-order valence-electron chi connectivity index (χ1n) is 6.26. The molecular formula is C12H15ClN2O4S. The molecule has 1 aliphatic heterocycles. The molecule has 1 aliphatic rings. The minimum absolute atomic E-state index is 0.0701. The average molecular weight is 319 g/mol. The number of sulfonamides is 1. The van der Waals surface area contributed by atoms with Crippen molar-refractivity contribution >= 4 is 27.3 Å². The number of hydrogen-bond acceptors (Lipinski definition) is 4. The van der Waals surface area contributed by atoms with E-state index in [0.29, 0.717) is 19.0 Å². The minimum atomic E-state index is -3.68. The summed E-state index contributed by atoms with van der Waals surface area (Å²) in [6.45, 7) is 3.00. The van der Waals surface area contributed by atoms with Gasteiger partial charge in [0.1, 0.15) is 4.90 Å². The molecule has 0 atom stereocenters. The third kappa shape index (κ3) is 2.94. The number of rotatable bonds is 3.